The second kappa shape index (κ2) is 7.21. The van der Waals surface area contributed by atoms with Crippen LogP contribution in [0.5, 0.6) is 0 Å². The summed E-state index contributed by atoms with van der Waals surface area (Å²) in [6.45, 7) is 8.09. The molecule has 84 valence electrons. The maximum Gasteiger partial charge on any atom is 0.0594 e. The summed E-state index contributed by atoms with van der Waals surface area (Å²) < 4.78 is 5.39. The Balaban J connectivity index is 2.05. The third kappa shape index (κ3) is 4.94. The fourth-order valence-electron chi connectivity index (χ4n) is 1.93. The van der Waals surface area contributed by atoms with Gasteiger partial charge in [-0.15, -0.1) is 0 Å². The van der Waals surface area contributed by atoms with Crippen molar-refractivity contribution in [2.24, 2.45) is 11.7 Å². The molecule has 0 spiro atoms. The zero-order valence-electron chi connectivity index (χ0n) is 9.37. The highest BCUT2D eigenvalue weighted by atomic mass is 16.5. The van der Waals surface area contributed by atoms with Crippen LogP contribution in [0.15, 0.2) is 0 Å². The van der Waals surface area contributed by atoms with Crippen molar-refractivity contribution in [3.8, 4) is 0 Å². The van der Waals surface area contributed by atoms with Crippen LogP contribution in [-0.2, 0) is 4.74 Å². The van der Waals surface area contributed by atoms with E-state index in [1.54, 1.807) is 0 Å². The van der Waals surface area contributed by atoms with Gasteiger partial charge < -0.3 is 15.4 Å². The van der Waals surface area contributed by atoms with Crippen LogP contribution in [0.2, 0.25) is 0 Å². The Morgan fingerprint density at radius 2 is 2.14 bits per heavy atom. The van der Waals surface area contributed by atoms with Crippen molar-refractivity contribution >= 4 is 0 Å². The molecule has 0 amide bonds. The van der Waals surface area contributed by atoms with Crippen LogP contribution in [0.4, 0.5) is 0 Å². The highest BCUT2D eigenvalue weighted by Gasteiger charge is 2.12. The SMILES string of the molecule is CC1CCCN(CCOCCN)CC1. The maximum atomic E-state index is 5.39. The van der Waals surface area contributed by atoms with Gasteiger partial charge in [0, 0.05) is 13.1 Å². The van der Waals surface area contributed by atoms with E-state index < -0.39 is 0 Å². The first-order valence-electron chi connectivity index (χ1n) is 5.83. The lowest BCUT2D eigenvalue weighted by atomic mass is 10.0. The van der Waals surface area contributed by atoms with E-state index in [-0.39, 0.29) is 0 Å². The van der Waals surface area contributed by atoms with Crippen LogP contribution >= 0.6 is 0 Å². The van der Waals surface area contributed by atoms with Crippen molar-refractivity contribution in [3.05, 3.63) is 0 Å². The summed E-state index contributed by atoms with van der Waals surface area (Å²) in [5, 5.41) is 0. The smallest absolute Gasteiger partial charge is 0.0594 e. The van der Waals surface area contributed by atoms with Gasteiger partial charge in [0.2, 0.25) is 0 Å². The lowest BCUT2D eigenvalue weighted by Crippen LogP contribution is -2.29. The van der Waals surface area contributed by atoms with Crippen molar-refractivity contribution in [1.29, 1.82) is 0 Å². The minimum Gasteiger partial charge on any atom is -0.379 e. The van der Waals surface area contributed by atoms with Crippen molar-refractivity contribution in [2.75, 3.05) is 39.4 Å². The highest BCUT2D eigenvalue weighted by Crippen LogP contribution is 2.15. The average Bonchev–Trinajstić information content (AvgIpc) is 2.38. The Bertz CT molecular complexity index is 141. The van der Waals surface area contributed by atoms with Crippen molar-refractivity contribution < 1.29 is 4.74 Å². The molecule has 1 aliphatic heterocycles. The van der Waals surface area contributed by atoms with Crippen LogP contribution in [-0.4, -0.2) is 44.3 Å². The van der Waals surface area contributed by atoms with E-state index in [1.165, 1.54) is 32.4 Å². The van der Waals surface area contributed by atoms with Crippen molar-refractivity contribution in [2.45, 2.75) is 26.2 Å². The van der Waals surface area contributed by atoms with E-state index >= 15 is 0 Å². The predicted octanol–water partition coefficient (Wildman–Crippen LogP) is 1.08. The lowest BCUT2D eigenvalue weighted by Gasteiger charge is -2.19. The van der Waals surface area contributed by atoms with Crippen LogP contribution in [0.1, 0.15) is 26.2 Å². The Labute approximate surface area is 87.6 Å². The summed E-state index contributed by atoms with van der Waals surface area (Å²) in [4.78, 5) is 2.51. The molecule has 2 N–H and O–H groups in total. The van der Waals surface area contributed by atoms with E-state index in [1.807, 2.05) is 0 Å². The monoisotopic (exact) mass is 200 g/mol. The Hall–Kier alpha value is -0.120. The number of hydrogen-bond donors (Lipinski definition) is 1. The fourth-order valence-corrected chi connectivity index (χ4v) is 1.93. The molecule has 0 aliphatic carbocycles. The number of nitrogens with zero attached hydrogens (tertiary/aromatic N) is 1. The van der Waals surface area contributed by atoms with Crippen LogP contribution in [0.3, 0.4) is 0 Å². The molecule has 3 heteroatoms. The molecule has 3 nitrogen and oxygen atoms in total. The first-order valence-corrected chi connectivity index (χ1v) is 5.83. The molecule has 1 saturated heterocycles. The molecular weight excluding hydrogens is 176 g/mol. The van der Waals surface area contributed by atoms with Crippen LogP contribution < -0.4 is 5.73 Å². The summed E-state index contributed by atoms with van der Waals surface area (Å²) in [6.07, 6.45) is 4.08. The second-order valence-corrected chi connectivity index (χ2v) is 4.28. The van der Waals surface area contributed by atoms with E-state index in [0.717, 1.165) is 19.1 Å². The second-order valence-electron chi connectivity index (χ2n) is 4.28. The average molecular weight is 200 g/mol. The third-order valence-corrected chi connectivity index (χ3v) is 2.92. The Kier molecular flexibility index (Phi) is 6.15. The zero-order chi connectivity index (χ0) is 10.2. The van der Waals surface area contributed by atoms with Crippen molar-refractivity contribution in [1.82, 2.24) is 4.90 Å². The standard InChI is InChI=1S/C11H24N2O/c1-11-3-2-6-13(7-4-11)8-10-14-9-5-12/h11H,2-10,12H2,1H3. The van der Waals surface area contributed by atoms with Gasteiger partial charge in [0.05, 0.1) is 13.2 Å². The molecule has 1 fully saturated rings. The normalized spacial score (nSPS) is 24.9. The van der Waals surface area contributed by atoms with Crippen molar-refractivity contribution in [3.63, 3.8) is 0 Å². The number of likely N-dealkylation sites (tertiary alicyclic amines) is 1. The molecule has 0 radical (unpaired) electrons. The molecule has 1 atom stereocenters. The maximum absolute atomic E-state index is 5.39. The molecule has 0 bridgehead atoms. The molecule has 0 saturated carbocycles. The van der Waals surface area contributed by atoms with E-state index in [4.69, 9.17) is 10.5 Å². The number of hydrogen-bond acceptors (Lipinski definition) is 3. The van der Waals surface area contributed by atoms with Gasteiger partial charge in [-0.3, -0.25) is 0 Å². The molecule has 0 aromatic rings. The first kappa shape index (κ1) is 12.0. The summed E-state index contributed by atoms with van der Waals surface area (Å²) in [5.41, 5.74) is 5.35. The predicted molar refractivity (Wildman–Crippen MR) is 59.3 cm³/mol. The van der Waals surface area contributed by atoms with Gasteiger partial charge in [-0.25, -0.2) is 0 Å². The molecular formula is C11H24N2O. The topological polar surface area (TPSA) is 38.5 Å². The van der Waals surface area contributed by atoms with Gasteiger partial charge in [-0.1, -0.05) is 6.92 Å². The minimum atomic E-state index is 0.636. The lowest BCUT2D eigenvalue weighted by molar-refractivity contribution is 0.110. The highest BCUT2D eigenvalue weighted by molar-refractivity contribution is 4.67. The molecule has 1 heterocycles. The van der Waals surface area contributed by atoms with Gasteiger partial charge in [0.25, 0.3) is 0 Å². The Morgan fingerprint density at radius 3 is 2.93 bits per heavy atom. The zero-order valence-corrected chi connectivity index (χ0v) is 9.37. The van der Waals surface area contributed by atoms with Crippen LogP contribution in [0.25, 0.3) is 0 Å². The van der Waals surface area contributed by atoms with Gasteiger partial charge >= 0.3 is 0 Å². The van der Waals surface area contributed by atoms with Gasteiger partial charge in [0.15, 0.2) is 0 Å². The third-order valence-electron chi connectivity index (χ3n) is 2.92. The quantitative estimate of drug-likeness (QED) is 0.675. The summed E-state index contributed by atoms with van der Waals surface area (Å²) >= 11 is 0. The van der Waals surface area contributed by atoms with Crippen LogP contribution in [0, 0.1) is 5.92 Å². The molecule has 14 heavy (non-hydrogen) atoms. The summed E-state index contributed by atoms with van der Waals surface area (Å²) in [7, 11) is 0. The molecule has 0 aromatic carbocycles. The number of rotatable bonds is 5. The van der Waals surface area contributed by atoms with E-state index in [9.17, 15) is 0 Å². The van der Waals surface area contributed by atoms with Gasteiger partial charge in [0.1, 0.15) is 0 Å². The molecule has 0 aromatic heterocycles. The Morgan fingerprint density at radius 1 is 1.29 bits per heavy atom. The fraction of sp³-hybridized carbons (Fsp3) is 1.00. The summed E-state index contributed by atoms with van der Waals surface area (Å²) in [5.74, 6) is 0.907. The molecule has 1 aliphatic rings. The van der Waals surface area contributed by atoms with E-state index in [2.05, 4.69) is 11.8 Å². The minimum absolute atomic E-state index is 0.636. The number of ether oxygens (including phenoxy) is 1. The molecule has 1 rings (SSSR count). The van der Waals surface area contributed by atoms with Gasteiger partial charge in [-0.2, -0.15) is 0 Å². The molecule has 1 unspecified atom stereocenters. The van der Waals surface area contributed by atoms with Gasteiger partial charge in [-0.05, 0) is 38.3 Å². The number of nitrogens with two attached hydrogens (primary N) is 1. The summed E-state index contributed by atoms with van der Waals surface area (Å²) in [6, 6.07) is 0. The van der Waals surface area contributed by atoms with E-state index in [0.29, 0.717) is 13.2 Å². The largest absolute Gasteiger partial charge is 0.379 e. The first-order chi connectivity index (χ1) is 6.83.